The minimum atomic E-state index is -0.0767. The van der Waals surface area contributed by atoms with E-state index in [1.165, 1.54) is 38.5 Å². The highest BCUT2D eigenvalue weighted by Gasteiger charge is 2.33. The Kier molecular flexibility index (Phi) is 7.33. The molecule has 1 saturated carbocycles. The van der Waals surface area contributed by atoms with Crippen LogP contribution >= 0.6 is 0 Å². The summed E-state index contributed by atoms with van der Waals surface area (Å²) in [5.74, 6) is 0. The van der Waals surface area contributed by atoms with E-state index in [-0.39, 0.29) is 11.2 Å². The fourth-order valence-corrected chi connectivity index (χ4v) is 2.68. The van der Waals surface area contributed by atoms with Gasteiger partial charge >= 0.3 is 0 Å². The molecule has 0 amide bonds. The van der Waals surface area contributed by atoms with Crippen LogP contribution in [0.5, 0.6) is 0 Å². The van der Waals surface area contributed by atoms with E-state index in [1.807, 2.05) is 0 Å². The Bertz CT molecular complexity index is 235. The van der Waals surface area contributed by atoms with E-state index < -0.39 is 0 Å². The standard InChI is InChI=1S/C16H33NO2/c1-5-12-17-14-16(9-7-6-8-10-16)19-13-11-15(2,3)18-4/h17H,5-14H2,1-4H3. The zero-order valence-electron chi connectivity index (χ0n) is 13.4. The van der Waals surface area contributed by atoms with Gasteiger partial charge in [0.15, 0.2) is 0 Å². The Morgan fingerprint density at radius 2 is 1.84 bits per heavy atom. The molecule has 0 radical (unpaired) electrons. The Morgan fingerprint density at radius 3 is 2.42 bits per heavy atom. The summed E-state index contributed by atoms with van der Waals surface area (Å²) in [6.45, 7) is 9.36. The van der Waals surface area contributed by atoms with Crippen molar-refractivity contribution in [1.82, 2.24) is 5.32 Å². The maximum atomic E-state index is 6.31. The quantitative estimate of drug-likeness (QED) is 0.651. The fourth-order valence-electron chi connectivity index (χ4n) is 2.68. The Labute approximate surface area is 119 Å². The van der Waals surface area contributed by atoms with Crippen molar-refractivity contribution in [3.63, 3.8) is 0 Å². The molecule has 0 aromatic rings. The lowest BCUT2D eigenvalue weighted by atomic mass is 9.84. The van der Waals surface area contributed by atoms with Crippen molar-refractivity contribution < 1.29 is 9.47 Å². The number of ether oxygens (including phenoxy) is 2. The van der Waals surface area contributed by atoms with Crippen LogP contribution in [0, 0.1) is 0 Å². The molecule has 0 unspecified atom stereocenters. The van der Waals surface area contributed by atoms with Crippen molar-refractivity contribution in [1.29, 1.82) is 0 Å². The van der Waals surface area contributed by atoms with Crippen LogP contribution in [-0.2, 0) is 9.47 Å². The molecule has 3 nitrogen and oxygen atoms in total. The summed E-state index contributed by atoms with van der Waals surface area (Å²) >= 11 is 0. The first-order chi connectivity index (χ1) is 9.04. The third-order valence-corrected chi connectivity index (χ3v) is 4.30. The highest BCUT2D eigenvalue weighted by Crippen LogP contribution is 2.31. The molecule has 0 aromatic heterocycles. The maximum Gasteiger partial charge on any atom is 0.0806 e. The lowest BCUT2D eigenvalue weighted by molar-refractivity contribution is -0.0906. The van der Waals surface area contributed by atoms with Crippen LogP contribution in [0.2, 0.25) is 0 Å². The van der Waals surface area contributed by atoms with Crippen LogP contribution in [0.4, 0.5) is 0 Å². The molecule has 1 aliphatic carbocycles. The van der Waals surface area contributed by atoms with E-state index in [0.717, 1.165) is 26.1 Å². The van der Waals surface area contributed by atoms with E-state index in [9.17, 15) is 0 Å². The first kappa shape index (κ1) is 16.9. The van der Waals surface area contributed by atoms with Crippen molar-refractivity contribution in [3.05, 3.63) is 0 Å². The summed E-state index contributed by atoms with van der Waals surface area (Å²) in [7, 11) is 1.78. The van der Waals surface area contributed by atoms with Gasteiger partial charge in [-0.05, 0) is 46.1 Å². The lowest BCUT2D eigenvalue weighted by Crippen LogP contribution is -2.45. The minimum Gasteiger partial charge on any atom is -0.379 e. The second-order valence-electron chi connectivity index (χ2n) is 6.48. The minimum absolute atomic E-state index is 0.0767. The van der Waals surface area contributed by atoms with Gasteiger partial charge < -0.3 is 14.8 Å². The second-order valence-corrected chi connectivity index (χ2v) is 6.48. The molecule has 1 fully saturated rings. The van der Waals surface area contributed by atoms with Crippen molar-refractivity contribution in [2.75, 3.05) is 26.8 Å². The van der Waals surface area contributed by atoms with E-state index in [1.54, 1.807) is 7.11 Å². The number of methoxy groups -OCH3 is 1. The van der Waals surface area contributed by atoms with Gasteiger partial charge in [-0.2, -0.15) is 0 Å². The Morgan fingerprint density at radius 1 is 1.16 bits per heavy atom. The van der Waals surface area contributed by atoms with Gasteiger partial charge in [0.2, 0.25) is 0 Å². The van der Waals surface area contributed by atoms with Gasteiger partial charge in [0.05, 0.1) is 17.8 Å². The number of hydrogen-bond acceptors (Lipinski definition) is 3. The molecule has 114 valence electrons. The first-order valence-electron chi connectivity index (χ1n) is 7.93. The molecule has 1 N–H and O–H groups in total. The monoisotopic (exact) mass is 271 g/mol. The van der Waals surface area contributed by atoms with Gasteiger partial charge in [-0.15, -0.1) is 0 Å². The summed E-state index contributed by atoms with van der Waals surface area (Å²) in [6.07, 6.45) is 8.53. The summed E-state index contributed by atoms with van der Waals surface area (Å²) in [4.78, 5) is 0. The average molecular weight is 271 g/mol. The largest absolute Gasteiger partial charge is 0.379 e. The van der Waals surface area contributed by atoms with Gasteiger partial charge in [-0.3, -0.25) is 0 Å². The molecule has 1 rings (SSSR count). The topological polar surface area (TPSA) is 30.5 Å². The first-order valence-corrected chi connectivity index (χ1v) is 7.93. The second kappa shape index (κ2) is 8.23. The lowest BCUT2D eigenvalue weighted by Gasteiger charge is -2.38. The van der Waals surface area contributed by atoms with Crippen LogP contribution in [0.15, 0.2) is 0 Å². The molecule has 0 bridgehead atoms. The van der Waals surface area contributed by atoms with Crippen molar-refractivity contribution >= 4 is 0 Å². The van der Waals surface area contributed by atoms with E-state index >= 15 is 0 Å². The number of rotatable bonds is 9. The van der Waals surface area contributed by atoms with Crippen LogP contribution in [0.3, 0.4) is 0 Å². The van der Waals surface area contributed by atoms with Gasteiger partial charge in [-0.1, -0.05) is 26.2 Å². The van der Waals surface area contributed by atoms with Crippen LogP contribution in [0.25, 0.3) is 0 Å². The van der Waals surface area contributed by atoms with Gasteiger partial charge in [0, 0.05) is 13.7 Å². The molecule has 19 heavy (non-hydrogen) atoms. The summed E-state index contributed by atoms with van der Waals surface area (Å²) < 4.78 is 11.8. The SMILES string of the molecule is CCCNCC1(OCCC(C)(C)OC)CCCCC1. The van der Waals surface area contributed by atoms with Gasteiger partial charge in [0.1, 0.15) is 0 Å². The van der Waals surface area contributed by atoms with E-state index in [2.05, 4.69) is 26.1 Å². The number of nitrogens with one attached hydrogen (secondary N) is 1. The predicted molar refractivity (Wildman–Crippen MR) is 80.6 cm³/mol. The molecule has 0 heterocycles. The van der Waals surface area contributed by atoms with Crippen LogP contribution < -0.4 is 5.32 Å². The summed E-state index contributed by atoms with van der Waals surface area (Å²) in [5, 5.41) is 3.55. The van der Waals surface area contributed by atoms with E-state index in [0.29, 0.717) is 0 Å². The third-order valence-electron chi connectivity index (χ3n) is 4.30. The van der Waals surface area contributed by atoms with Crippen molar-refractivity contribution in [3.8, 4) is 0 Å². The number of hydrogen-bond donors (Lipinski definition) is 1. The van der Waals surface area contributed by atoms with Gasteiger partial charge in [-0.25, -0.2) is 0 Å². The predicted octanol–water partition coefficient (Wildman–Crippen LogP) is 3.52. The Hall–Kier alpha value is -0.120. The molecular weight excluding hydrogens is 238 g/mol. The normalized spacial score (nSPS) is 19.6. The van der Waals surface area contributed by atoms with Crippen molar-refractivity contribution in [2.45, 2.75) is 76.9 Å². The van der Waals surface area contributed by atoms with Gasteiger partial charge in [0.25, 0.3) is 0 Å². The highest BCUT2D eigenvalue weighted by molar-refractivity contribution is 4.87. The highest BCUT2D eigenvalue weighted by atomic mass is 16.5. The van der Waals surface area contributed by atoms with Crippen molar-refractivity contribution in [2.24, 2.45) is 0 Å². The molecule has 0 atom stereocenters. The molecule has 0 spiro atoms. The smallest absolute Gasteiger partial charge is 0.0806 e. The fraction of sp³-hybridized carbons (Fsp3) is 1.00. The summed E-state index contributed by atoms with van der Waals surface area (Å²) in [6, 6.07) is 0. The van der Waals surface area contributed by atoms with E-state index in [4.69, 9.17) is 9.47 Å². The molecule has 0 aliphatic heterocycles. The summed E-state index contributed by atoms with van der Waals surface area (Å²) in [5.41, 5.74) is 0.00391. The molecular formula is C16H33NO2. The third kappa shape index (κ3) is 6.24. The molecule has 3 heteroatoms. The zero-order chi connectivity index (χ0) is 14.2. The Balaban J connectivity index is 2.40. The zero-order valence-corrected chi connectivity index (χ0v) is 13.4. The van der Waals surface area contributed by atoms with Crippen LogP contribution in [0.1, 0.15) is 65.7 Å². The average Bonchev–Trinajstić information content (AvgIpc) is 2.40. The van der Waals surface area contributed by atoms with Crippen LogP contribution in [-0.4, -0.2) is 38.0 Å². The molecule has 0 aromatic carbocycles. The maximum absolute atomic E-state index is 6.31. The molecule has 0 saturated heterocycles. The molecule has 1 aliphatic rings.